The molecule has 0 unspecified atom stereocenters. The number of rotatable bonds is 9. The molecule has 1 aromatic heterocycles. The number of hydrogen-bond acceptors (Lipinski definition) is 2. The molecule has 0 N–H and O–H groups in total. The SMILES string of the molecule is CC(C)CN(Cc1cccn1C)C(=O)CN(CC(C)C)C(=O)C1CCCCC1. The monoisotopic (exact) mass is 389 g/mol. The van der Waals surface area contributed by atoms with Crippen molar-refractivity contribution in [3.05, 3.63) is 24.0 Å². The summed E-state index contributed by atoms with van der Waals surface area (Å²) in [5, 5.41) is 0. The van der Waals surface area contributed by atoms with E-state index in [1.54, 1.807) is 0 Å². The number of hydrogen-bond donors (Lipinski definition) is 0. The topological polar surface area (TPSA) is 45.6 Å². The van der Waals surface area contributed by atoms with E-state index in [-0.39, 0.29) is 24.3 Å². The number of carbonyl (C=O) groups is 2. The third kappa shape index (κ3) is 6.68. The lowest BCUT2D eigenvalue weighted by atomic mass is 9.88. The lowest BCUT2D eigenvalue weighted by Gasteiger charge is -2.32. The number of carbonyl (C=O) groups excluding carboxylic acids is 2. The molecule has 2 rings (SSSR count). The first-order valence-electron chi connectivity index (χ1n) is 10.9. The molecule has 158 valence electrons. The van der Waals surface area contributed by atoms with E-state index in [4.69, 9.17) is 0 Å². The quantitative estimate of drug-likeness (QED) is 0.639. The highest BCUT2D eigenvalue weighted by Crippen LogP contribution is 2.26. The van der Waals surface area contributed by atoms with Crippen molar-refractivity contribution in [1.82, 2.24) is 14.4 Å². The Bertz CT molecular complexity index is 630. The van der Waals surface area contributed by atoms with Crippen LogP contribution in [0, 0.1) is 17.8 Å². The minimum atomic E-state index is 0.0553. The molecule has 1 aliphatic rings. The van der Waals surface area contributed by atoms with Gasteiger partial charge in [-0.25, -0.2) is 0 Å². The Morgan fingerprint density at radius 2 is 1.64 bits per heavy atom. The summed E-state index contributed by atoms with van der Waals surface area (Å²) in [5.41, 5.74) is 1.11. The summed E-state index contributed by atoms with van der Waals surface area (Å²) in [6.07, 6.45) is 7.44. The van der Waals surface area contributed by atoms with Crippen LogP contribution in [0.15, 0.2) is 18.3 Å². The molecule has 0 bridgehead atoms. The standard InChI is InChI=1S/C23H39N3O2/c1-18(2)14-25(16-21-12-9-13-24(21)5)22(27)17-26(15-19(3)4)23(28)20-10-7-6-8-11-20/h9,12-13,18-20H,6-8,10-11,14-17H2,1-5H3. The third-order valence-corrected chi connectivity index (χ3v) is 5.52. The molecule has 2 amide bonds. The average Bonchev–Trinajstić information content (AvgIpc) is 3.04. The largest absolute Gasteiger partial charge is 0.353 e. The second-order valence-corrected chi connectivity index (χ2v) is 9.23. The van der Waals surface area contributed by atoms with Crippen molar-refractivity contribution < 1.29 is 9.59 Å². The molecule has 0 atom stereocenters. The highest BCUT2D eigenvalue weighted by atomic mass is 16.2. The molecule has 0 aromatic carbocycles. The molecule has 1 heterocycles. The lowest BCUT2D eigenvalue weighted by molar-refractivity contribution is -0.144. The van der Waals surface area contributed by atoms with Gasteiger partial charge in [-0.1, -0.05) is 47.0 Å². The zero-order valence-electron chi connectivity index (χ0n) is 18.5. The zero-order valence-corrected chi connectivity index (χ0v) is 18.5. The van der Waals surface area contributed by atoms with E-state index in [0.717, 1.165) is 31.4 Å². The van der Waals surface area contributed by atoms with Gasteiger partial charge in [-0.2, -0.15) is 0 Å². The van der Waals surface area contributed by atoms with E-state index in [1.165, 1.54) is 6.42 Å². The first kappa shape index (κ1) is 22.5. The van der Waals surface area contributed by atoms with Gasteiger partial charge in [0.1, 0.15) is 0 Å². The molecule has 1 saturated carbocycles. The Morgan fingerprint density at radius 1 is 1.04 bits per heavy atom. The summed E-state index contributed by atoms with van der Waals surface area (Å²) in [6.45, 7) is 10.6. The molecule has 0 saturated heterocycles. The van der Waals surface area contributed by atoms with Gasteiger partial charge in [-0.3, -0.25) is 9.59 Å². The Kier molecular flexibility index (Phi) is 8.58. The van der Waals surface area contributed by atoms with Crippen molar-refractivity contribution in [3.8, 4) is 0 Å². The summed E-state index contributed by atoms with van der Waals surface area (Å²) < 4.78 is 2.06. The third-order valence-electron chi connectivity index (χ3n) is 5.52. The second kappa shape index (κ2) is 10.7. The molecular weight excluding hydrogens is 350 g/mol. The van der Waals surface area contributed by atoms with Gasteiger partial charge in [0.2, 0.25) is 11.8 Å². The maximum atomic E-state index is 13.2. The maximum absolute atomic E-state index is 13.2. The summed E-state index contributed by atoms with van der Waals surface area (Å²) in [6, 6.07) is 4.06. The molecule has 0 spiro atoms. The number of aryl methyl sites for hydroxylation is 1. The minimum Gasteiger partial charge on any atom is -0.353 e. The fourth-order valence-corrected chi connectivity index (χ4v) is 4.10. The van der Waals surface area contributed by atoms with Crippen LogP contribution in [0.2, 0.25) is 0 Å². The average molecular weight is 390 g/mol. The predicted molar refractivity (Wildman–Crippen MR) is 114 cm³/mol. The van der Waals surface area contributed by atoms with E-state index in [2.05, 4.69) is 38.3 Å². The van der Waals surface area contributed by atoms with E-state index in [9.17, 15) is 9.59 Å². The van der Waals surface area contributed by atoms with Gasteiger partial charge in [-0.15, -0.1) is 0 Å². The lowest BCUT2D eigenvalue weighted by Crippen LogP contribution is -2.47. The molecule has 0 radical (unpaired) electrons. The molecule has 1 fully saturated rings. The van der Waals surface area contributed by atoms with Crippen LogP contribution in [0.3, 0.4) is 0 Å². The highest BCUT2D eigenvalue weighted by Gasteiger charge is 2.29. The van der Waals surface area contributed by atoms with Crippen molar-refractivity contribution in [2.24, 2.45) is 24.8 Å². The number of nitrogens with zero attached hydrogens (tertiary/aromatic N) is 3. The van der Waals surface area contributed by atoms with Gasteiger partial charge in [0.15, 0.2) is 0 Å². The van der Waals surface area contributed by atoms with E-state index in [1.807, 2.05) is 29.1 Å². The molecule has 5 heteroatoms. The van der Waals surface area contributed by atoms with E-state index < -0.39 is 0 Å². The van der Waals surface area contributed by atoms with Gasteiger partial charge in [0.25, 0.3) is 0 Å². The van der Waals surface area contributed by atoms with Crippen LogP contribution in [0.5, 0.6) is 0 Å². The van der Waals surface area contributed by atoms with E-state index in [0.29, 0.717) is 31.5 Å². The Labute approximate surface area is 171 Å². The normalized spacial score (nSPS) is 15.2. The fraction of sp³-hybridized carbons (Fsp3) is 0.739. The van der Waals surface area contributed by atoms with Crippen LogP contribution in [-0.2, 0) is 23.2 Å². The summed E-state index contributed by atoms with van der Waals surface area (Å²) in [5.74, 6) is 1.08. The van der Waals surface area contributed by atoms with Crippen LogP contribution in [0.1, 0.15) is 65.5 Å². The Balaban J connectivity index is 2.10. The molecule has 1 aliphatic carbocycles. The Hall–Kier alpha value is -1.78. The Morgan fingerprint density at radius 3 is 2.18 bits per heavy atom. The highest BCUT2D eigenvalue weighted by molar-refractivity contribution is 5.86. The molecule has 0 aliphatic heterocycles. The van der Waals surface area contributed by atoms with E-state index >= 15 is 0 Å². The summed E-state index contributed by atoms with van der Waals surface area (Å²) in [7, 11) is 2.00. The van der Waals surface area contributed by atoms with Gasteiger partial charge >= 0.3 is 0 Å². The van der Waals surface area contributed by atoms with Crippen molar-refractivity contribution >= 4 is 11.8 Å². The van der Waals surface area contributed by atoms with Crippen molar-refractivity contribution in [1.29, 1.82) is 0 Å². The minimum absolute atomic E-state index is 0.0553. The summed E-state index contributed by atoms with van der Waals surface area (Å²) in [4.78, 5) is 30.1. The molecular formula is C23H39N3O2. The van der Waals surface area contributed by atoms with Crippen molar-refractivity contribution in [2.75, 3.05) is 19.6 Å². The maximum Gasteiger partial charge on any atom is 0.242 e. The van der Waals surface area contributed by atoms with Crippen LogP contribution in [0.4, 0.5) is 0 Å². The van der Waals surface area contributed by atoms with Crippen molar-refractivity contribution in [3.63, 3.8) is 0 Å². The van der Waals surface area contributed by atoms with Crippen LogP contribution in [-0.4, -0.2) is 45.8 Å². The first-order chi connectivity index (χ1) is 13.3. The van der Waals surface area contributed by atoms with Crippen LogP contribution >= 0.6 is 0 Å². The second-order valence-electron chi connectivity index (χ2n) is 9.23. The number of aromatic nitrogens is 1. The van der Waals surface area contributed by atoms with Gasteiger partial charge in [0.05, 0.1) is 13.1 Å². The zero-order chi connectivity index (χ0) is 20.7. The fourth-order valence-electron chi connectivity index (χ4n) is 4.10. The molecule has 28 heavy (non-hydrogen) atoms. The van der Waals surface area contributed by atoms with Crippen molar-refractivity contribution in [2.45, 2.75) is 66.3 Å². The smallest absolute Gasteiger partial charge is 0.242 e. The first-order valence-corrected chi connectivity index (χ1v) is 10.9. The van der Waals surface area contributed by atoms with Crippen LogP contribution in [0.25, 0.3) is 0 Å². The predicted octanol–water partition coefficient (Wildman–Crippen LogP) is 4.07. The molecule has 1 aromatic rings. The van der Waals surface area contributed by atoms with Gasteiger partial charge in [0, 0.05) is 37.9 Å². The number of amides is 2. The van der Waals surface area contributed by atoms with Crippen LogP contribution < -0.4 is 0 Å². The summed E-state index contributed by atoms with van der Waals surface area (Å²) >= 11 is 0. The van der Waals surface area contributed by atoms with Gasteiger partial charge in [-0.05, 0) is 36.8 Å². The molecule has 5 nitrogen and oxygen atoms in total. The van der Waals surface area contributed by atoms with Gasteiger partial charge < -0.3 is 14.4 Å².